The van der Waals surface area contributed by atoms with Crippen molar-refractivity contribution in [1.29, 1.82) is 0 Å². The SMILES string of the molecule is c1ccc(-c2nc(-c3ccc4sc5c(-c6ccc7c(c6)c6cc8ccccc8cc6n7-c6cc(-c7nc(-c8cccc9ccccc89)nc(-c8cccc9c8sc8ccccc89)n7)cc7c6oc6ccccc67)cccc5c4c3)nc(-c3cc(-n4c5ccccc5c5cc6ccccc6cc54)c4oc5ccccc5c4c3)n2)cc1. The second-order valence-electron chi connectivity index (χ2n) is 29.6. The summed E-state index contributed by atoms with van der Waals surface area (Å²) in [6.45, 7) is 0. The van der Waals surface area contributed by atoms with Crippen LogP contribution in [0.1, 0.15) is 0 Å². The zero-order chi connectivity index (χ0) is 74.4. The highest BCUT2D eigenvalue weighted by Crippen LogP contribution is 2.49. The van der Waals surface area contributed by atoms with Gasteiger partial charge in [-0.2, -0.15) is 0 Å². The maximum atomic E-state index is 7.14. The van der Waals surface area contributed by atoms with Crippen LogP contribution in [0.3, 0.4) is 0 Å². The Morgan fingerprint density at radius 2 is 0.623 bits per heavy atom. The topological polar surface area (TPSA) is 113 Å². The van der Waals surface area contributed by atoms with Crippen molar-refractivity contribution < 1.29 is 8.83 Å². The lowest BCUT2D eigenvalue weighted by Gasteiger charge is -2.14. The number of aromatic nitrogens is 8. The number of hydrogen-bond donors (Lipinski definition) is 0. The van der Waals surface area contributed by atoms with Crippen LogP contribution in [0.15, 0.2) is 349 Å². The molecular formula is C102H56N8O2S2. The van der Waals surface area contributed by atoms with E-state index in [0.29, 0.717) is 34.9 Å². The molecule has 114 heavy (non-hydrogen) atoms. The Kier molecular flexibility index (Phi) is 13.5. The van der Waals surface area contributed by atoms with Gasteiger partial charge in [-0.25, -0.2) is 29.9 Å². The molecule has 0 unspecified atom stereocenters. The van der Waals surface area contributed by atoms with Crippen LogP contribution in [-0.2, 0) is 0 Å². The molecule has 0 aliphatic carbocycles. The normalized spacial score (nSPS) is 12.2. The minimum atomic E-state index is 0.552. The van der Waals surface area contributed by atoms with Gasteiger partial charge in [0.2, 0.25) is 0 Å². The molecule has 0 atom stereocenters. The first kappa shape index (κ1) is 63.0. The predicted molar refractivity (Wildman–Crippen MR) is 473 cm³/mol. The highest BCUT2D eigenvalue weighted by Gasteiger charge is 2.27. The highest BCUT2D eigenvalue weighted by atomic mass is 32.1. The lowest BCUT2D eigenvalue weighted by Crippen LogP contribution is -2.02. The Balaban J connectivity index is 0.657. The van der Waals surface area contributed by atoms with Crippen LogP contribution in [0.25, 0.3) is 251 Å². The molecule has 8 heterocycles. The van der Waals surface area contributed by atoms with Gasteiger partial charge < -0.3 is 18.0 Å². The smallest absolute Gasteiger partial charge is 0.165 e. The number of nitrogens with zero attached hydrogens (tertiary/aromatic N) is 8. The zero-order valence-electron chi connectivity index (χ0n) is 60.5. The van der Waals surface area contributed by atoms with E-state index in [-0.39, 0.29) is 0 Å². The molecule has 0 aliphatic rings. The summed E-state index contributed by atoms with van der Waals surface area (Å²) in [4.78, 5) is 32.8. The molecular weight excluding hydrogens is 1430 g/mol. The van der Waals surface area contributed by atoms with Crippen LogP contribution in [0.2, 0.25) is 0 Å². The van der Waals surface area contributed by atoms with E-state index < -0.39 is 0 Å². The van der Waals surface area contributed by atoms with Crippen molar-refractivity contribution >= 4 is 183 Å². The lowest BCUT2D eigenvalue weighted by molar-refractivity contribution is 0.666. The molecule has 0 bridgehead atoms. The molecule has 528 valence electrons. The standard InChI is InChI=1S/C102H56N8O2S2/c1-2-22-58(23-3-1)97-103-98(105-99(104-97)65-51-81-70-31-11-15-40-89(70)111-93(81)87(55-65)109-83-39-14-10-30-69(83)77-47-59-24-4-6-26-61(59)53-85(77)109)64-44-46-92-80(50-64)74-36-19-34-68(95(74)114-92)63-43-45-84-78(49-63)79-48-60-25-5-7-27-62(60)54-86(79)110(84)88-56-66(52-82-71-32-12-16-41-90(71)112-94(82)88)100-106-101(75-37-18-28-57-21-8-9-29-67(57)75)108-102(107-100)76-38-20-35-73-72-33-13-17-42-91(72)113-96(73)76/h1-56H. The summed E-state index contributed by atoms with van der Waals surface area (Å²) in [6.07, 6.45) is 0. The van der Waals surface area contributed by atoms with E-state index in [2.05, 4.69) is 312 Å². The number of fused-ring (bicyclic) bond motifs is 21. The van der Waals surface area contributed by atoms with Gasteiger partial charge in [0, 0.05) is 117 Å². The average Bonchev–Trinajstić information content (AvgIpc) is 1.56. The molecule has 0 N–H and O–H groups in total. The zero-order valence-corrected chi connectivity index (χ0v) is 62.2. The Bertz CT molecular complexity index is 8470. The van der Waals surface area contributed by atoms with Crippen LogP contribution in [0.5, 0.6) is 0 Å². The number of para-hydroxylation sites is 3. The van der Waals surface area contributed by atoms with E-state index in [1.165, 1.54) is 25.6 Å². The fourth-order valence-corrected chi connectivity index (χ4v) is 20.3. The monoisotopic (exact) mass is 1490 g/mol. The summed E-state index contributed by atoms with van der Waals surface area (Å²) in [7, 11) is 0. The fraction of sp³-hybridized carbons (Fsp3) is 0. The molecule has 0 amide bonds. The van der Waals surface area contributed by atoms with Crippen molar-refractivity contribution in [2.75, 3.05) is 0 Å². The molecule has 25 rings (SSSR count). The van der Waals surface area contributed by atoms with Gasteiger partial charge in [-0.05, 0) is 153 Å². The van der Waals surface area contributed by atoms with Crippen LogP contribution in [0, 0.1) is 0 Å². The van der Waals surface area contributed by atoms with E-state index >= 15 is 0 Å². The van der Waals surface area contributed by atoms with Crippen molar-refractivity contribution in [2.45, 2.75) is 0 Å². The molecule has 0 saturated heterocycles. The quantitative estimate of drug-likeness (QED) is 0.140. The summed E-state index contributed by atoms with van der Waals surface area (Å²) < 4.78 is 23.5. The highest BCUT2D eigenvalue weighted by molar-refractivity contribution is 7.26. The van der Waals surface area contributed by atoms with Crippen molar-refractivity contribution in [3.63, 3.8) is 0 Å². The van der Waals surface area contributed by atoms with E-state index in [0.717, 1.165) is 190 Å². The molecule has 0 radical (unpaired) electrons. The molecule has 12 heteroatoms. The molecule has 0 spiro atoms. The van der Waals surface area contributed by atoms with Crippen molar-refractivity contribution in [3.05, 3.63) is 340 Å². The molecule has 0 fully saturated rings. The van der Waals surface area contributed by atoms with Crippen LogP contribution in [-0.4, -0.2) is 39.0 Å². The number of thiophene rings is 2. The van der Waals surface area contributed by atoms with Crippen LogP contribution >= 0.6 is 22.7 Å². The minimum Gasteiger partial charge on any atom is -0.454 e. The lowest BCUT2D eigenvalue weighted by atomic mass is 9.99. The van der Waals surface area contributed by atoms with Gasteiger partial charge in [-0.1, -0.05) is 231 Å². The third kappa shape index (κ3) is 9.59. The number of benzene rings is 17. The predicted octanol–water partition coefficient (Wildman–Crippen LogP) is 27.9. The Morgan fingerprint density at radius 1 is 0.211 bits per heavy atom. The molecule has 0 saturated carbocycles. The number of furan rings is 2. The van der Waals surface area contributed by atoms with E-state index in [4.69, 9.17) is 38.7 Å². The fourth-order valence-electron chi connectivity index (χ4n) is 17.9. The second kappa shape index (κ2) is 24.3. The summed E-state index contributed by atoms with van der Waals surface area (Å²) in [5.41, 5.74) is 16.7. The molecule has 0 aliphatic heterocycles. The molecule has 25 aromatic rings. The van der Waals surface area contributed by atoms with Crippen LogP contribution in [0.4, 0.5) is 0 Å². The summed E-state index contributed by atoms with van der Waals surface area (Å²) >= 11 is 3.58. The van der Waals surface area contributed by atoms with Gasteiger partial charge in [-0.15, -0.1) is 22.7 Å². The van der Waals surface area contributed by atoms with Gasteiger partial charge in [0.1, 0.15) is 11.2 Å². The summed E-state index contributed by atoms with van der Waals surface area (Å²) in [6, 6.07) is 121. The van der Waals surface area contributed by atoms with Crippen LogP contribution < -0.4 is 0 Å². The number of hydrogen-bond acceptors (Lipinski definition) is 10. The van der Waals surface area contributed by atoms with Crippen molar-refractivity contribution in [2.24, 2.45) is 0 Å². The second-order valence-corrected chi connectivity index (χ2v) is 31.7. The van der Waals surface area contributed by atoms with Gasteiger partial charge in [0.25, 0.3) is 0 Å². The first-order valence-electron chi connectivity index (χ1n) is 38.2. The first-order chi connectivity index (χ1) is 56.4. The van der Waals surface area contributed by atoms with Gasteiger partial charge in [0.05, 0.1) is 33.4 Å². The minimum absolute atomic E-state index is 0.552. The van der Waals surface area contributed by atoms with E-state index in [1.807, 2.05) is 47.7 Å². The Hall–Kier alpha value is -14.8. The van der Waals surface area contributed by atoms with Crippen molar-refractivity contribution in [1.82, 2.24) is 39.0 Å². The summed E-state index contributed by atoms with van der Waals surface area (Å²) in [5, 5.41) is 19.9. The van der Waals surface area contributed by atoms with Gasteiger partial charge in [-0.3, -0.25) is 0 Å². The first-order valence-corrected chi connectivity index (χ1v) is 39.8. The third-order valence-electron chi connectivity index (χ3n) is 23.1. The Morgan fingerprint density at radius 3 is 1.29 bits per heavy atom. The maximum absolute atomic E-state index is 7.14. The molecule has 10 nitrogen and oxygen atoms in total. The largest absolute Gasteiger partial charge is 0.454 e. The van der Waals surface area contributed by atoms with Gasteiger partial charge >= 0.3 is 0 Å². The van der Waals surface area contributed by atoms with E-state index in [1.54, 1.807) is 11.3 Å². The maximum Gasteiger partial charge on any atom is 0.165 e. The Labute approximate surface area is 656 Å². The summed E-state index contributed by atoms with van der Waals surface area (Å²) in [5.74, 6) is 3.46. The van der Waals surface area contributed by atoms with Gasteiger partial charge in [0.15, 0.2) is 46.1 Å². The average molecular weight is 1490 g/mol. The third-order valence-corrected chi connectivity index (χ3v) is 25.6. The number of rotatable bonds is 9. The molecule has 17 aromatic carbocycles. The molecule has 8 aromatic heterocycles. The van der Waals surface area contributed by atoms with Crippen molar-refractivity contribution in [3.8, 4) is 90.8 Å². The van der Waals surface area contributed by atoms with E-state index in [9.17, 15) is 0 Å².